The predicted molar refractivity (Wildman–Crippen MR) is 67.4 cm³/mol. The quantitative estimate of drug-likeness (QED) is 0.805. The lowest BCUT2D eigenvalue weighted by atomic mass is 9.54. The Morgan fingerprint density at radius 2 is 1.82 bits per heavy atom. The van der Waals surface area contributed by atoms with Crippen molar-refractivity contribution in [3.8, 4) is 0 Å². The van der Waals surface area contributed by atoms with Gasteiger partial charge in [-0.1, -0.05) is 30.5 Å². The van der Waals surface area contributed by atoms with Crippen LogP contribution in [0.2, 0.25) is 5.02 Å². The molecule has 0 heterocycles. The van der Waals surface area contributed by atoms with E-state index < -0.39 is 0 Å². The highest BCUT2D eigenvalue weighted by molar-refractivity contribution is 6.31. The van der Waals surface area contributed by atoms with Gasteiger partial charge < -0.3 is 5.73 Å². The van der Waals surface area contributed by atoms with Crippen molar-refractivity contribution in [2.75, 3.05) is 0 Å². The number of nitrogens with two attached hydrogens (primary N) is 1. The average molecular weight is 254 g/mol. The van der Waals surface area contributed by atoms with E-state index in [1.165, 1.54) is 37.8 Å². The third kappa shape index (κ3) is 1.78. The molecule has 2 fully saturated rings. The largest absolute Gasteiger partial charge is 0.321 e. The van der Waals surface area contributed by atoms with E-state index in [4.69, 9.17) is 17.3 Å². The Balaban J connectivity index is 1.85. The van der Waals surface area contributed by atoms with Crippen LogP contribution in [0.25, 0.3) is 0 Å². The molecule has 0 aliphatic heterocycles. The minimum atomic E-state index is -0.324. The number of benzene rings is 1. The summed E-state index contributed by atoms with van der Waals surface area (Å²) in [7, 11) is 0. The SMILES string of the molecule is NC1(c2ccc(F)cc2Cl)CC2(CCCC2)C1. The van der Waals surface area contributed by atoms with Crippen LogP contribution in [0.1, 0.15) is 44.1 Å². The summed E-state index contributed by atoms with van der Waals surface area (Å²) in [6, 6.07) is 4.57. The Morgan fingerprint density at radius 3 is 2.41 bits per heavy atom. The highest BCUT2D eigenvalue weighted by Crippen LogP contribution is 2.61. The molecule has 0 aromatic heterocycles. The number of rotatable bonds is 1. The summed E-state index contributed by atoms with van der Waals surface area (Å²) < 4.78 is 13.0. The lowest BCUT2D eigenvalue weighted by Gasteiger charge is -2.53. The highest BCUT2D eigenvalue weighted by Gasteiger charge is 2.54. The van der Waals surface area contributed by atoms with Crippen molar-refractivity contribution in [2.45, 2.75) is 44.1 Å². The van der Waals surface area contributed by atoms with Gasteiger partial charge in [-0.25, -0.2) is 4.39 Å². The Morgan fingerprint density at radius 1 is 1.18 bits per heavy atom. The Labute approximate surface area is 106 Å². The van der Waals surface area contributed by atoms with E-state index in [2.05, 4.69) is 0 Å². The summed E-state index contributed by atoms with van der Waals surface area (Å²) in [5.41, 5.74) is 7.48. The zero-order valence-electron chi connectivity index (χ0n) is 9.81. The minimum absolute atomic E-state index is 0.294. The molecule has 0 amide bonds. The van der Waals surface area contributed by atoms with Crippen LogP contribution >= 0.6 is 11.6 Å². The smallest absolute Gasteiger partial charge is 0.124 e. The fourth-order valence-electron chi connectivity index (χ4n) is 3.85. The van der Waals surface area contributed by atoms with Gasteiger partial charge in [0.15, 0.2) is 0 Å². The summed E-state index contributed by atoms with van der Waals surface area (Å²) in [5.74, 6) is -0.294. The minimum Gasteiger partial charge on any atom is -0.321 e. The van der Waals surface area contributed by atoms with E-state index in [1.54, 1.807) is 6.07 Å². The molecule has 1 spiro atoms. The molecule has 17 heavy (non-hydrogen) atoms. The summed E-state index contributed by atoms with van der Waals surface area (Å²) in [4.78, 5) is 0. The first-order chi connectivity index (χ1) is 8.03. The maximum absolute atomic E-state index is 13.0. The monoisotopic (exact) mass is 253 g/mol. The maximum atomic E-state index is 13.0. The molecule has 0 radical (unpaired) electrons. The van der Waals surface area contributed by atoms with Gasteiger partial charge in [0.25, 0.3) is 0 Å². The number of hydrogen-bond donors (Lipinski definition) is 1. The number of halogens is 2. The van der Waals surface area contributed by atoms with Crippen molar-refractivity contribution in [3.63, 3.8) is 0 Å². The van der Waals surface area contributed by atoms with Crippen molar-refractivity contribution in [1.29, 1.82) is 0 Å². The molecular formula is C14H17ClFN. The lowest BCUT2D eigenvalue weighted by Crippen LogP contribution is -2.54. The molecule has 1 aromatic rings. The molecular weight excluding hydrogens is 237 g/mol. The van der Waals surface area contributed by atoms with Crippen LogP contribution in [0.3, 0.4) is 0 Å². The van der Waals surface area contributed by atoms with Gasteiger partial charge in [-0.15, -0.1) is 0 Å². The van der Waals surface area contributed by atoms with Gasteiger partial charge in [-0.2, -0.15) is 0 Å². The number of hydrogen-bond acceptors (Lipinski definition) is 1. The third-order valence-electron chi connectivity index (χ3n) is 4.51. The van der Waals surface area contributed by atoms with Crippen molar-refractivity contribution in [2.24, 2.45) is 11.1 Å². The maximum Gasteiger partial charge on any atom is 0.124 e. The second kappa shape index (κ2) is 3.69. The zero-order valence-corrected chi connectivity index (χ0v) is 10.6. The summed E-state index contributed by atoms with van der Waals surface area (Å²) >= 11 is 6.10. The molecule has 1 aromatic carbocycles. The Bertz CT molecular complexity index is 444. The van der Waals surface area contributed by atoms with Crippen LogP contribution in [-0.4, -0.2) is 0 Å². The van der Waals surface area contributed by atoms with Gasteiger partial charge in [0.1, 0.15) is 5.82 Å². The second-order valence-corrected chi connectivity index (χ2v) is 6.25. The molecule has 3 heteroatoms. The predicted octanol–water partition coefficient (Wildman–Crippen LogP) is 3.99. The van der Waals surface area contributed by atoms with E-state index in [-0.39, 0.29) is 11.4 Å². The topological polar surface area (TPSA) is 26.0 Å². The summed E-state index contributed by atoms with van der Waals surface area (Å²) in [5, 5.41) is 0.473. The zero-order chi connectivity index (χ0) is 12.1. The molecule has 0 atom stereocenters. The van der Waals surface area contributed by atoms with Crippen LogP contribution in [0.15, 0.2) is 18.2 Å². The summed E-state index contributed by atoms with van der Waals surface area (Å²) in [6.07, 6.45) is 7.26. The van der Waals surface area contributed by atoms with Crippen LogP contribution in [0, 0.1) is 11.2 Å². The van der Waals surface area contributed by atoms with Crippen LogP contribution < -0.4 is 5.73 Å². The molecule has 0 unspecified atom stereocenters. The second-order valence-electron chi connectivity index (χ2n) is 5.84. The van der Waals surface area contributed by atoms with Gasteiger partial charge in [-0.3, -0.25) is 0 Å². The van der Waals surface area contributed by atoms with Crippen molar-refractivity contribution in [3.05, 3.63) is 34.6 Å². The normalized spacial score (nSPS) is 24.9. The molecule has 1 nitrogen and oxygen atoms in total. The van der Waals surface area contributed by atoms with Crippen molar-refractivity contribution in [1.82, 2.24) is 0 Å². The Kier molecular flexibility index (Phi) is 2.50. The van der Waals surface area contributed by atoms with Gasteiger partial charge in [-0.05, 0) is 48.8 Å². The lowest BCUT2D eigenvalue weighted by molar-refractivity contribution is 0.0313. The molecule has 0 bridgehead atoms. The summed E-state index contributed by atoms with van der Waals surface area (Å²) in [6.45, 7) is 0. The molecule has 2 aliphatic carbocycles. The van der Waals surface area contributed by atoms with E-state index >= 15 is 0 Å². The van der Waals surface area contributed by atoms with Crippen molar-refractivity contribution >= 4 is 11.6 Å². The van der Waals surface area contributed by atoms with Crippen LogP contribution in [-0.2, 0) is 5.54 Å². The van der Waals surface area contributed by atoms with Gasteiger partial charge in [0, 0.05) is 10.6 Å². The highest BCUT2D eigenvalue weighted by atomic mass is 35.5. The van der Waals surface area contributed by atoms with Crippen LogP contribution in [0.4, 0.5) is 4.39 Å². The third-order valence-corrected chi connectivity index (χ3v) is 4.83. The first-order valence-corrected chi connectivity index (χ1v) is 6.65. The fraction of sp³-hybridized carbons (Fsp3) is 0.571. The van der Waals surface area contributed by atoms with Gasteiger partial charge in [0.2, 0.25) is 0 Å². The molecule has 0 saturated heterocycles. The standard InChI is InChI=1S/C14H17ClFN/c15-12-7-10(16)3-4-11(12)14(17)8-13(9-14)5-1-2-6-13/h3-4,7H,1-2,5-6,8-9,17H2. The van der Waals surface area contributed by atoms with E-state index in [1.807, 2.05) is 0 Å². The molecule has 2 aliphatic rings. The fourth-order valence-corrected chi connectivity index (χ4v) is 4.20. The first kappa shape index (κ1) is 11.5. The molecule has 2 N–H and O–H groups in total. The first-order valence-electron chi connectivity index (χ1n) is 6.28. The average Bonchev–Trinajstić information content (AvgIpc) is 2.65. The van der Waals surface area contributed by atoms with Gasteiger partial charge in [0.05, 0.1) is 0 Å². The molecule has 92 valence electrons. The van der Waals surface area contributed by atoms with Crippen molar-refractivity contribution < 1.29 is 4.39 Å². The Hall–Kier alpha value is -0.600. The van der Waals surface area contributed by atoms with E-state index in [9.17, 15) is 4.39 Å². The molecule has 2 saturated carbocycles. The van der Waals surface area contributed by atoms with E-state index in [0.717, 1.165) is 18.4 Å². The van der Waals surface area contributed by atoms with Crippen LogP contribution in [0.5, 0.6) is 0 Å². The van der Waals surface area contributed by atoms with E-state index in [0.29, 0.717) is 10.4 Å². The van der Waals surface area contributed by atoms with Gasteiger partial charge >= 0.3 is 0 Å². The molecule has 3 rings (SSSR count).